The number of nitrogens with two attached hydrogens (primary N) is 1. The second kappa shape index (κ2) is 8.89. The summed E-state index contributed by atoms with van der Waals surface area (Å²) in [5.74, 6) is -0.830. The van der Waals surface area contributed by atoms with Crippen molar-refractivity contribution in [2.45, 2.75) is 18.9 Å². The van der Waals surface area contributed by atoms with Crippen LogP contribution in [0, 0.1) is 11.8 Å². The molecule has 1 heterocycles. The first-order valence-corrected chi connectivity index (χ1v) is 6.78. The largest absolute Gasteiger partial charge is 0.469 e. The molecule has 1 aliphatic heterocycles. The normalized spacial score (nSPS) is 19.1. The molecule has 7 heteroatoms. The van der Waals surface area contributed by atoms with E-state index in [0.717, 1.165) is 12.8 Å². The fourth-order valence-corrected chi connectivity index (χ4v) is 2.31. The number of nitrogens with one attached hydrogen (secondary N) is 1. The summed E-state index contributed by atoms with van der Waals surface area (Å²) >= 11 is 0. The van der Waals surface area contributed by atoms with Gasteiger partial charge < -0.3 is 25.3 Å². The zero-order valence-electron chi connectivity index (χ0n) is 12.1. The minimum absolute atomic E-state index is 0.145. The Morgan fingerprint density at radius 2 is 2.00 bits per heavy atom. The van der Waals surface area contributed by atoms with Gasteiger partial charge in [-0.15, -0.1) is 0 Å². The van der Waals surface area contributed by atoms with Gasteiger partial charge in [0.15, 0.2) is 0 Å². The molecular weight excluding hydrogens is 264 g/mol. The summed E-state index contributed by atoms with van der Waals surface area (Å²) in [4.78, 5) is 23.6. The third kappa shape index (κ3) is 5.07. The number of rotatable bonds is 7. The van der Waals surface area contributed by atoms with E-state index in [2.05, 4.69) is 5.32 Å². The van der Waals surface area contributed by atoms with E-state index in [-0.39, 0.29) is 36.9 Å². The number of methoxy groups -OCH3 is 2. The SMILES string of the molecule is COCC(N)C(=O)NCC(C(=O)OC)C1CCOCC1. The van der Waals surface area contributed by atoms with Crippen molar-refractivity contribution in [3.8, 4) is 0 Å². The van der Waals surface area contributed by atoms with Crippen LogP contribution >= 0.6 is 0 Å². The molecule has 1 amide bonds. The van der Waals surface area contributed by atoms with Crippen LogP contribution in [0.2, 0.25) is 0 Å². The molecule has 0 aromatic heterocycles. The van der Waals surface area contributed by atoms with Crippen molar-refractivity contribution in [1.29, 1.82) is 0 Å². The van der Waals surface area contributed by atoms with Gasteiger partial charge in [0.25, 0.3) is 0 Å². The van der Waals surface area contributed by atoms with Crippen LogP contribution < -0.4 is 11.1 Å². The highest BCUT2D eigenvalue weighted by Gasteiger charge is 2.31. The average molecular weight is 288 g/mol. The molecule has 1 rings (SSSR count). The predicted octanol–water partition coefficient (Wildman–Crippen LogP) is -0.708. The summed E-state index contributed by atoms with van der Waals surface area (Å²) in [6.07, 6.45) is 1.58. The van der Waals surface area contributed by atoms with Gasteiger partial charge in [-0.05, 0) is 18.8 Å². The Morgan fingerprint density at radius 3 is 2.55 bits per heavy atom. The van der Waals surface area contributed by atoms with Gasteiger partial charge in [-0.25, -0.2) is 0 Å². The molecule has 7 nitrogen and oxygen atoms in total. The number of amides is 1. The summed E-state index contributed by atoms with van der Waals surface area (Å²) in [5.41, 5.74) is 5.63. The van der Waals surface area contributed by atoms with Crippen LogP contribution in [0.1, 0.15) is 12.8 Å². The van der Waals surface area contributed by atoms with Crippen molar-refractivity contribution in [1.82, 2.24) is 5.32 Å². The Bertz CT molecular complexity index is 318. The lowest BCUT2D eigenvalue weighted by molar-refractivity contribution is -0.148. The van der Waals surface area contributed by atoms with Gasteiger partial charge in [0.2, 0.25) is 5.91 Å². The van der Waals surface area contributed by atoms with E-state index in [1.54, 1.807) is 0 Å². The van der Waals surface area contributed by atoms with E-state index >= 15 is 0 Å². The standard InChI is InChI=1S/C13H24N2O5/c1-18-8-11(14)12(16)15-7-10(13(17)19-2)9-3-5-20-6-4-9/h9-11H,3-8,14H2,1-2H3,(H,15,16). The Hall–Kier alpha value is -1.18. The zero-order valence-corrected chi connectivity index (χ0v) is 12.1. The highest BCUT2D eigenvalue weighted by molar-refractivity contribution is 5.82. The number of esters is 1. The van der Waals surface area contributed by atoms with E-state index in [4.69, 9.17) is 19.9 Å². The van der Waals surface area contributed by atoms with Crippen molar-refractivity contribution in [3.05, 3.63) is 0 Å². The molecule has 0 aromatic carbocycles. The van der Waals surface area contributed by atoms with Crippen LogP contribution in [0.3, 0.4) is 0 Å². The van der Waals surface area contributed by atoms with Crippen LogP contribution in [0.4, 0.5) is 0 Å². The summed E-state index contributed by atoms with van der Waals surface area (Å²) < 4.78 is 14.9. The molecule has 0 spiro atoms. The molecule has 0 radical (unpaired) electrons. The number of hydrogen-bond acceptors (Lipinski definition) is 6. The molecule has 2 unspecified atom stereocenters. The minimum Gasteiger partial charge on any atom is -0.469 e. The maximum Gasteiger partial charge on any atom is 0.310 e. The fourth-order valence-electron chi connectivity index (χ4n) is 2.31. The van der Waals surface area contributed by atoms with Crippen molar-refractivity contribution in [3.63, 3.8) is 0 Å². The molecule has 0 bridgehead atoms. The summed E-state index contributed by atoms with van der Waals surface area (Å²) in [7, 11) is 2.83. The molecule has 1 fully saturated rings. The lowest BCUT2D eigenvalue weighted by Crippen LogP contribution is -2.47. The predicted molar refractivity (Wildman–Crippen MR) is 71.9 cm³/mol. The maximum absolute atomic E-state index is 11.8. The zero-order chi connectivity index (χ0) is 15.0. The van der Waals surface area contributed by atoms with Crippen LogP contribution in [0.5, 0.6) is 0 Å². The van der Waals surface area contributed by atoms with Crippen LogP contribution in [0.15, 0.2) is 0 Å². The molecule has 116 valence electrons. The van der Waals surface area contributed by atoms with Gasteiger partial charge in [-0.2, -0.15) is 0 Å². The quantitative estimate of drug-likeness (QED) is 0.600. The summed E-state index contributed by atoms with van der Waals surface area (Å²) in [6, 6.07) is -0.729. The van der Waals surface area contributed by atoms with Crippen molar-refractivity contribution >= 4 is 11.9 Å². The molecule has 1 aliphatic rings. The van der Waals surface area contributed by atoms with E-state index in [1.807, 2.05) is 0 Å². The van der Waals surface area contributed by atoms with Crippen molar-refractivity contribution in [2.24, 2.45) is 17.6 Å². The molecule has 1 saturated heterocycles. The Morgan fingerprint density at radius 1 is 1.35 bits per heavy atom. The lowest BCUT2D eigenvalue weighted by Gasteiger charge is -2.28. The Kier molecular flexibility index (Phi) is 7.50. The van der Waals surface area contributed by atoms with Gasteiger partial charge in [0.1, 0.15) is 6.04 Å². The van der Waals surface area contributed by atoms with Crippen LogP contribution in [0.25, 0.3) is 0 Å². The highest BCUT2D eigenvalue weighted by Crippen LogP contribution is 2.24. The molecule has 3 N–H and O–H groups in total. The Balaban J connectivity index is 2.52. The van der Waals surface area contributed by atoms with Gasteiger partial charge in [0, 0.05) is 26.9 Å². The van der Waals surface area contributed by atoms with Crippen LogP contribution in [-0.4, -0.2) is 58.5 Å². The van der Waals surface area contributed by atoms with Gasteiger partial charge in [-0.3, -0.25) is 9.59 Å². The van der Waals surface area contributed by atoms with Gasteiger partial charge in [0.05, 0.1) is 19.6 Å². The van der Waals surface area contributed by atoms with Crippen molar-refractivity contribution < 1.29 is 23.8 Å². The molecule has 2 atom stereocenters. The third-order valence-electron chi connectivity index (χ3n) is 3.52. The van der Waals surface area contributed by atoms with Crippen molar-refractivity contribution in [2.75, 3.05) is 40.6 Å². The van der Waals surface area contributed by atoms with E-state index < -0.39 is 6.04 Å². The topological polar surface area (TPSA) is 99.9 Å². The average Bonchev–Trinajstić information content (AvgIpc) is 2.48. The molecule has 0 aromatic rings. The fraction of sp³-hybridized carbons (Fsp3) is 0.846. The molecule has 0 aliphatic carbocycles. The molecule has 0 saturated carbocycles. The van der Waals surface area contributed by atoms with E-state index in [0.29, 0.717) is 13.2 Å². The number of carbonyl (C=O) groups excluding carboxylic acids is 2. The first kappa shape index (κ1) is 16.9. The number of ether oxygens (including phenoxy) is 3. The van der Waals surface area contributed by atoms with E-state index in [1.165, 1.54) is 14.2 Å². The third-order valence-corrected chi connectivity index (χ3v) is 3.52. The summed E-state index contributed by atoms with van der Waals surface area (Å²) in [6.45, 7) is 1.64. The smallest absolute Gasteiger partial charge is 0.310 e. The second-order valence-corrected chi connectivity index (χ2v) is 4.89. The van der Waals surface area contributed by atoms with Crippen LogP contribution in [-0.2, 0) is 23.8 Å². The first-order valence-electron chi connectivity index (χ1n) is 6.78. The molecular formula is C13H24N2O5. The summed E-state index contributed by atoms with van der Waals surface area (Å²) in [5, 5.41) is 2.69. The lowest BCUT2D eigenvalue weighted by atomic mass is 9.86. The van der Waals surface area contributed by atoms with Gasteiger partial charge >= 0.3 is 5.97 Å². The minimum atomic E-state index is -0.729. The van der Waals surface area contributed by atoms with Gasteiger partial charge in [-0.1, -0.05) is 0 Å². The number of hydrogen-bond donors (Lipinski definition) is 2. The maximum atomic E-state index is 11.8. The highest BCUT2D eigenvalue weighted by atomic mass is 16.5. The second-order valence-electron chi connectivity index (χ2n) is 4.89. The monoisotopic (exact) mass is 288 g/mol. The first-order chi connectivity index (χ1) is 9.60. The molecule has 20 heavy (non-hydrogen) atoms. The number of carbonyl (C=O) groups is 2. The van der Waals surface area contributed by atoms with E-state index in [9.17, 15) is 9.59 Å². The Labute approximate surface area is 119 Å².